The molecule has 0 radical (unpaired) electrons. The van der Waals surface area contributed by atoms with Gasteiger partial charge < -0.3 is 15.3 Å². The van der Waals surface area contributed by atoms with E-state index in [1.165, 1.54) is 25.7 Å². The van der Waals surface area contributed by atoms with Crippen LogP contribution in [0.5, 0.6) is 0 Å². The van der Waals surface area contributed by atoms with Crippen LogP contribution in [0.15, 0.2) is 4.99 Å². The molecule has 19 heavy (non-hydrogen) atoms. The maximum Gasteiger partial charge on any atom is 0.194 e. The molecule has 4 heteroatoms. The average Bonchev–Trinajstić information content (AvgIpc) is 2.83. The molecule has 0 spiro atoms. The first kappa shape index (κ1) is 14.6. The molecule has 2 aliphatic rings. The van der Waals surface area contributed by atoms with E-state index < -0.39 is 0 Å². The first-order valence-electron chi connectivity index (χ1n) is 7.92. The van der Waals surface area contributed by atoms with Crippen molar-refractivity contribution in [1.82, 2.24) is 10.2 Å². The summed E-state index contributed by atoms with van der Waals surface area (Å²) in [5.41, 5.74) is 0. The standard InChI is InChI=1S/C15H29N3O/c1-3-16-15(18-9-8-14(19)11-18)17-10-13-7-5-4-6-12(13)2/h12-14,19H,3-11H2,1-2H3,(H,16,17)/t12?,13?,14-/m1/s1. The van der Waals surface area contributed by atoms with Crippen molar-refractivity contribution in [2.24, 2.45) is 16.8 Å². The van der Waals surface area contributed by atoms with Gasteiger partial charge >= 0.3 is 0 Å². The van der Waals surface area contributed by atoms with Crippen molar-refractivity contribution in [3.05, 3.63) is 0 Å². The molecule has 1 heterocycles. The Morgan fingerprint density at radius 1 is 1.32 bits per heavy atom. The summed E-state index contributed by atoms with van der Waals surface area (Å²) >= 11 is 0. The Morgan fingerprint density at radius 2 is 2.11 bits per heavy atom. The minimum Gasteiger partial charge on any atom is -0.391 e. The summed E-state index contributed by atoms with van der Waals surface area (Å²) in [6.45, 7) is 7.96. The number of aliphatic imine (C=N–C) groups is 1. The van der Waals surface area contributed by atoms with Gasteiger partial charge in [-0.25, -0.2) is 0 Å². The Labute approximate surface area is 117 Å². The maximum atomic E-state index is 9.65. The molecule has 1 aliphatic heterocycles. The van der Waals surface area contributed by atoms with Gasteiger partial charge in [0.05, 0.1) is 6.10 Å². The van der Waals surface area contributed by atoms with Gasteiger partial charge in [0.25, 0.3) is 0 Å². The third-order valence-corrected chi connectivity index (χ3v) is 4.56. The zero-order valence-corrected chi connectivity index (χ0v) is 12.4. The number of rotatable bonds is 3. The molecule has 110 valence electrons. The first-order chi connectivity index (χ1) is 9.20. The smallest absolute Gasteiger partial charge is 0.194 e. The Balaban J connectivity index is 1.91. The van der Waals surface area contributed by atoms with Crippen LogP contribution in [0.2, 0.25) is 0 Å². The Hall–Kier alpha value is -0.770. The second-order valence-electron chi connectivity index (χ2n) is 6.10. The summed E-state index contributed by atoms with van der Waals surface area (Å²) in [5.74, 6) is 2.55. The lowest BCUT2D eigenvalue weighted by atomic mass is 9.80. The minimum absolute atomic E-state index is 0.183. The van der Waals surface area contributed by atoms with Gasteiger partial charge in [0.1, 0.15) is 0 Å². The van der Waals surface area contributed by atoms with E-state index in [2.05, 4.69) is 24.1 Å². The highest BCUT2D eigenvalue weighted by Gasteiger charge is 2.24. The number of nitrogens with one attached hydrogen (secondary N) is 1. The lowest BCUT2D eigenvalue weighted by molar-refractivity contribution is 0.187. The topological polar surface area (TPSA) is 47.9 Å². The van der Waals surface area contributed by atoms with E-state index in [-0.39, 0.29) is 6.10 Å². The van der Waals surface area contributed by atoms with Crippen LogP contribution < -0.4 is 5.32 Å². The first-order valence-corrected chi connectivity index (χ1v) is 7.92. The molecule has 3 atom stereocenters. The fraction of sp³-hybridized carbons (Fsp3) is 0.933. The van der Waals surface area contributed by atoms with E-state index in [4.69, 9.17) is 4.99 Å². The number of guanidine groups is 1. The minimum atomic E-state index is -0.183. The van der Waals surface area contributed by atoms with Crippen molar-refractivity contribution < 1.29 is 5.11 Å². The predicted molar refractivity (Wildman–Crippen MR) is 79.3 cm³/mol. The highest BCUT2D eigenvalue weighted by Crippen LogP contribution is 2.29. The molecule has 2 rings (SSSR count). The molecular formula is C15H29N3O. The number of β-amino-alcohol motifs (C(OH)–C–C–N with tert-alkyl or cyclic N) is 1. The lowest BCUT2D eigenvalue weighted by Crippen LogP contribution is -2.41. The summed E-state index contributed by atoms with van der Waals surface area (Å²) < 4.78 is 0. The molecule has 4 nitrogen and oxygen atoms in total. The van der Waals surface area contributed by atoms with E-state index in [1.54, 1.807) is 0 Å². The van der Waals surface area contributed by atoms with Crippen LogP contribution in [0.1, 0.15) is 46.0 Å². The molecule has 1 aliphatic carbocycles. The monoisotopic (exact) mass is 267 g/mol. The molecule has 2 fully saturated rings. The van der Waals surface area contributed by atoms with Crippen LogP contribution in [0, 0.1) is 11.8 Å². The third kappa shape index (κ3) is 4.10. The lowest BCUT2D eigenvalue weighted by Gasteiger charge is -2.28. The summed E-state index contributed by atoms with van der Waals surface area (Å²) in [7, 11) is 0. The van der Waals surface area contributed by atoms with E-state index >= 15 is 0 Å². The quantitative estimate of drug-likeness (QED) is 0.606. The number of likely N-dealkylation sites (tertiary alicyclic amines) is 1. The largest absolute Gasteiger partial charge is 0.391 e. The van der Waals surface area contributed by atoms with Gasteiger partial charge in [-0.1, -0.05) is 26.2 Å². The van der Waals surface area contributed by atoms with Gasteiger partial charge in [-0.2, -0.15) is 0 Å². The van der Waals surface area contributed by atoms with Crippen molar-refractivity contribution in [2.75, 3.05) is 26.2 Å². The number of aliphatic hydroxyl groups is 1. The normalized spacial score (nSPS) is 32.7. The van der Waals surface area contributed by atoms with E-state index in [0.29, 0.717) is 0 Å². The predicted octanol–water partition coefficient (Wildman–Crippen LogP) is 1.84. The second kappa shape index (κ2) is 7.13. The summed E-state index contributed by atoms with van der Waals surface area (Å²) in [6, 6.07) is 0. The fourth-order valence-corrected chi connectivity index (χ4v) is 3.23. The summed E-state index contributed by atoms with van der Waals surface area (Å²) in [6.07, 6.45) is 6.12. The number of nitrogens with zero attached hydrogens (tertiary/aromatic N) is 2. The number of hydrogen-bond acceptors (Lipinski definition) is 2. The van der Waals surface area contributed by atoms with Gasteiger partial charge in [-0.3, -0.25) is 4.99 Å². The van der Waals surface area contributed by atoms with Crippen LogP contribution in [-0.2, 0) is 0 Å². The Bertz CT molecular complexity index is 306. The van der Waals surface area contributed by atoms with Gasteiger partial charge in [0.15, 0.2) is 5.96 Å². The van der Waals surface area contributed by atoms with Crippen molar-refractivity contribution in [3.63, 3.8) is 0 Å². The SMILES string of the molecule is CCNC(=NCC1CCCCC1C)N1CC[C@@H](O)C1. The van der Waals surface area contributed by atoms with E-state index in [9.17, 15) is 5.11 Å². The number of hydrogen-bond donors (Lipinski definition) is 2. The van der Waals surface area contributed by atoms with Gasteiger partial charge in [-0.05, 0) is 31.6 Å². The van der Waals surface area contributed by atoms with Crippen LogP contribution >= 0.6 is 0 Å². The summed E-state index contributed by atoms with van der Waals surface area (Å²) in [5, 5.41) is 13.0. The van der Waals surface area contributed by atoms with Crippen molar-refractivity contribution >= 4 is 5.96 Å². The molecule has 1 saturated carbocycles. The van der Waals surface area contributed by atoms with Crippen LogP contribution in [0.3, 0.4) is 0 Å². The molecule has 0 aromatic heterocycles. The third-order valence-electron chi connectivity index (χ3n) is 4.56. The van der Waals surface area contributed by atoms with E-state index in [1.807, 2.05) is 0 Å². The second-order valence-corrected chi connectivity index (χ2v) is 6.10. The molecular weight excluding hydrogens is 238 g/mol. The van der Waals surface area contributed by atoms with Crippen molar-refractivity contribution in [3.8, 4) is 0 Å². The Kier molecular flexibility index (Phi) is 5.49. The zero-order chi connectivity index (χ0) is 13.7. The van der Waals surface area contributed by atoms with Gasteiger partial charge in [0, 0.05) is 26.2 Å². The van der Waals surface area contributed by atoms with Crippen molar-refractivity contribution in [1.29, 1.82) is 0 Å². The molecule has 0 bridgehead atoms. The summed E-state index contributed by atoms with van der Waals surface area (Å²) in [4.78, 5) is 7.02. The van der Waals surface area contributed by atoms with Crippen LogP contribution in [0.4, 0.5) is 0 Å². The van der Waals surface area contributed by atoms with E-state index in [0.717, 1.165) is 50.4 Å². The molecule has 0 aromatic rings. The molecule has 2 N–H and O–H groups in total. The molecule has 2 unspecified atom stereocenters. The van der Waals surface area contributed by atoms with Gasteiger partial charge in [0.2, 0.25) is 0 Å². The molecule has 1 saturated heterocycles. The molecule has 0 aromatic carbocycles. The maximum absolute atomic E-state index is 9.65. The van der Waals surface area contributed by atoms with Crippen LogP contribution in [-0.4, -0.2) is 48.2 Å². The zero-order valence-electron chi connectivity index (χ0n) is 12.4. The fourth-order valence-electron chi connectivity index (χ4n) is 3.23. The number of aliphatic hydroxyl groups excluding tert-OH is 1. The van der Waals surface area contributed by atoms with Gasteiger partial charge in [-0.15, -0.1) is 0 Å². The van der Waals surface area contributed by atoms with Crippen molar-refractivity contribution in [2.45, 2.75) is 52.1 Å². The molecule has 0 amide bonds. The highest BCUT2D eigenvalue weighted by molar-refractivity contribution is 5.80. The highest BCUT2D eigenvalue weighted by atomic mass is 16.3. The Morgan fingerprint density at radius 3 is 2.74 bits per heavy atom. The average molecular weight is 267 g/mol. The van der Waals surface area contributed by atoms with Crippen LogP contribution in [0.25, 0.3) is 0 Å².